The molecule has 1 saturated carbocycles. The maximum atomic E-state index is 14.1. The van der Waals surface area contributed by atoms with Crippen molar-refractivity contribution in [3.63, 3.8) is 0 Å². The number of hydrogen-bond donors (Lipinski definition) is 0. The minimum Gasteiger partial charge on any atom is -0.497 e. The monoisotopic (exact) mass is 413 g/mol. The molecule has 3 aromatic heterocycles. The fourth-order valence-electron chi connectivity index (χ4n) is 3.59. The van der Waals surface area contributed by atoms with Gasteiger partial charge in [0, 0.05) is 19.2 Å². The van der Waals surface area contributed by atoms with Crippen LogP contribution in [0.5, 0.6) is 5.75 Å². The summed E-state index contributed by atoms with van der Waals surface area (Å²) < 4.78 is 50.5. The lowest BCUT2D eigenvalue weighted by atomic mass is 10.1. The summed E-state index contributed by atoms with van der Waals surface area (Å²) in [6.45, 7) is 0. The van der Waals surface area contributed by atoms with Crippen molar-refractivity contribution >= 4 is 11.0 Å². The minimum absolute atomic E-state index is 0.0237. The lowest BCUT2D eigenvalue weighted by molar-refractivity contribution is -0.136. The summed E-state index contributed by atoms with van der Waals surface area (Å²) in [6, 6.07) is 9.72. The predicted molar refractivity (Wildman–Crippen MR) is 105 cm³/mol. The van der Waals surface area contributed by atoms with Gasteiger partial charge in [-0.15, -0.1) is 0 Å². The van der Waals surface area contributed by atoms with Gasteiger partial charge in [0.1, 0.15) is 11.4 Å². The van der Waals surface area contributed by atoms with Gasteiger partial charge in [-0.3, -0.25) is 4.68 Å². The molecule has 30 heavy (non-hydrogen) atoms. The zero-order valence-electron chi connectivity index (χ0n) is 16.3. The molecule has 9 heteroatoms. The van der Waals surface area contributed by atoms with E-state index in [1.807, 2.05) is 0 Å². The van der Waals surface area contributed by atoms with Crippen molar-refractivity contribution in [2.45, 2.75) is 24.9 Å². The van der Waals surface area contributed by atoms with Gasteiger partial charge in [0.2, 0.25) is 0 Å². The second-order valence-electron chi connectivity index (χ2n) is 7.40. The molecule has 4 aromatic rings. The second-order valence-corrected chi connectivity index (χ2v) is 7.40. The van der Waals surface area contributed by atoms with Crippen molar-refractivity contribution in [1.82, 2.24) is 24.5 Å². The molecule has 5 rings (SSSR count). The Morgan fingerprint density at radius 3 is 2.33 bits per heavy atom. The molecule has 0 bridgehead atoms. The standard InChI is InChI=1S/C21H18F3N5O/c1-28-10-9-16(26-28)17-11-15(21(22,23)24)18-19(12-3-4-12)27-29(20(18)25-17)13-5-7-14(30-2)8-6-13/h5-12H,3-4H2,1-2H3. The number of halogens is 3. The molecule has 1 aromatic carbocycles. The maximum Gasteiger partial charge on any atom is 0.417 e. The molecule has 0 atom stereocenters. The first-order chi connectivity index (χ1) is 14.3. The van der Waals surface area contributed by atoms with Crippen LogP contribution in [-0.2, 0) is 13.2 Å². The van der Waals surface area contributed by atoms with E-state index in [0.29, 0.717) is 22.8 Å². The number of rotatable bonds is 4. The van der Waals surface area contributed by atoms with Crippen molar-refractivity contribution < 1.29 is 17.9 Å². The Labute approximate surface area is 169 Å². The van der Waals surface area contributed by atoms with Crippen LogP contribution in [0.4, 0.5) is 13.2 Å². The largest absolute Gasteiger partial charge is 0.497 e. The Morgan fingerprint density at radius 1 is 1.03 bits per heavy atom. The number of methoxy groups -OCH3 is 1. The van der Waals surface area contributed by atoms with Crippen molar-refractivity contribution in [3.05, 3.63) is 53.9 Å². The van der Waals surface area contributed by atoms with Gasteiger partial charge < -0.3 is 4.74 Å². The molecule has 0 spiro atoms. The molecular formula is C21H18F3N5O. The van der Waals surface area contributed by atoms with Crippen molar-refractivity contribution in [1.29, 1.82) is 0 Å². The van der Waals surface area contributed by atoms with Crippen LogP contribution in [-0.4, -0.2) is 31.7 Å². The number of alkyl halides is 3. The third-order valence-corrected chi connectivity index (χ3v) is 5.23. The number of aryl methyl sites for hydroxylation is 1. The quantitative estimate of drug-likeness (QED) is 0.486. The molecule has 0 amide bonds. The normalized spacial score (nSPS) is 14.4. The Kier molecular flexibility index (Phi) is 4.09. The Hall–Kier alpha value is -3.36. The summed E-state index contributed by atoms with van der Waals surface area (Å²) >= 11 is 0. The molecule has 1 aliphatic rings. The molecule has 0 radical (unpaired) electrons. The summed E-state index contributed by atoms with van der Waals surface area (Å²) in [5.74, 6) is 0.673. The number of ether oxygens (including phenoxy) is 1. The first-order valence-electron chi connectivity index (χ1n) is 9.50. The van der Waals surface area contributed by atoms with E-state index in [9.17, 15) is 13.2 Å². The molecular weight excluding hydrogens is 395 g/mol. The molecule has 1 aliphatic carbocycles. The number of aromatic nitrogens is 5. The SMILES string of the molecule is COc1ccc(-n2nc(C3CC3)c3c(C(F)(F)F)cc(-c4ccn(C)n4)nc32)cc1. The number of nitrogens with zero attached hydrogens (tertiary/aromatic N) is 5. The highest BCUT2D eigenvalue weighted by atomic mass is 19.4. The highest BCUT2D eigenvalue weighted by molar-refractivity contribution is 5.87. The van der Waals surface area contributed by atoms with Crippen LogP contribution in [0.1, 0.15) is 30.0 Å². The van der Waals surface area contributed by atoms with E-state index in [0.717, 1.165) is 18.9 Å². The molecule has 0 N–H and O–H groups in total. The Morgan fingerprint density at radius 2 is 1.77 bits per heavy atom. The second kappa shape index (κ2) is 6.58. The zero-order valence-corrected chi connectivity index (χ0v) is 16.3. The third kappa shape index (κ3) is 3.10. The Balaban J connectivity index is 1.81. The molecule has 0 aliphatic heterocycles. The third-order valence-electron chi connectivity index (χ3n) is 5.23. The summed E-state index contributed by atoms with van der Waals surface area (Å²) in [4.78, 5) is 4.58. The van der Waals surface area contributed by atoms with Gasteiger partial charge in [0.15, 0.2) is 5.65 Å². The molecule has 154 valence electrons. The van der Waals surface area contributed by atoms with Gasteiger partial charge in [-0.2, -0.15) is 23.4 Å². The Bertz CT molecular complexity index is 1240. The summed E-state index contributed by atoms with van der Waals surface area (Å²) in [7, 11) is 3.26. The lowest BCUT2D eigenvalue weighted by Crippen LogP contribution is -2.08. The van der Waals surface area contributed by atoms with Gasteiger partial charge in [0.05, 0.1) is 35.1 Å². The van der Waals surface area contributed by atoms with Crippen molar-refractivity contribution in [2.75, 3.05) is 7.11 Å². The highest BCUT2D eigenvalue weighted by Gasteiger charge is 2.39. The summed E-state index contributed by atoms with van der Waals surface area (Å²) in [5.41, 5.74) is 1.06. The van der Waals surface area contributed by atoms with E-state index in [4.69, 9.17) is 4.74 Å². The molecule has 6 nitrogen and oxygen atoms in total. The highest BCUT2D eigenvalue weighted by Crippen LogP contribution is 2.46. The molecule has 3 heterocycles. The average Bonchev–Trinajstić information content (AvgIpc) is 3.36. The van der Waals surface area contributed by atoms with Crippen LogP contribution >= 0.6 is 0 Å². The van der Waals surface area contributed by atoms with Crippen LogP contribution in [0, 0.1) is 0 Å². The smallest absolute Gasteiger partial charge is 0.417 e. The average molecular weight is 413 g/mol. The van der Waals surface area contributed by atoms with Crippen LogP contribution in [0.3, 0.4) is 0 Å². The minimum atomic E-state index is -4.54. The van der Waals surface area contributed by atoms with Gasteiger partial charge in [-0.1, -0.05) is 0 Å². The summed E-state index contributed by atoms with van der Waals surface area (Å²) in [6.07, 6.45) is -1.21. The molecule has 0 unspecified atom stereocenters. The van der Waals surface area contributed by atoms with Gasteiger partial charge in [-0.05, 0) is 49.2 Å². The number of benzene rings is 1. The summed E-state index contributed by atoms with van der Waals surface area (Å²) in [5, 5.41) is 8.88. The molecule has 1 fully saturated rings. The number of pyridine rings is 1. The van der Waals surface area contributed by atoms with E-state index in [2.05, 4.69) is 15.2 Å². The maximum absolute atomic E-state index is 14.1. The van der Waals surface area contributed by atoms with E-state index < -0.39 is 11.7 Å². The van der Waals surface area contributed by atoms with Crippen molar-refractivity contribution in [2.24, 2.45) is 7.05 Å². The van der Waals surface area contributed by atoms with Crippen molar-refractivity contribution in [3.8, 4) is 22.8 Å². The first-order valence-corrected chi connectivity index (χ1v) is 9.50. The number of hydrogen-bond acceptors (Lipinski definition) is 4. The molecule has 0 saturated heterocycles. The zero-order chi connectivity index (χ0) is 21.0. The van der Waals surface area contributed by atoms with Gasteiger partial charge in [-0.25, -0.2) is 9.67 Å². The van der Waals surface area contributed by atoms with Gasteiger partial charge in [0.25, 0.3) is 0 Å². The van der Waals surface area contributed by atoms with Crippen LogP contribution in [0.2, 0.25) is 0 Å². The van der Waals surface area contributed by atoms with E-state index in [1.165, 1.54) is 9.36 Å². The van der Waals surface area contributed by atoms with E-state index >= 15 is 0 Å². The van der Waals surface area contributed by atoms with Crippen LogP contribution < -0.4 is 4.74 Å². The fraction of sp³-hybridized carbons (Fsp3) is 0.286. The fourth-order valence-corrected chi connectivity index (χ4v) is 3.59. The van der Waals surface area contributed by atoms with E-state index in [-0.39, 0.29) is 22.6 Å². The van der Waals surface area contributed by atoms with Gasteiger partial charge >= 0.3 is 6.18 Å². The predicted octanol–water partition coefficient (Wildman–Crippen LogP) is 4.73. The number of fused-ring (bicyclic) bond motifs is 1. The van der Waals surface area contributed by atoms with E-state index in [1.54, 1.807) is 50.7 Å². The van der Waals surface area contributed by atoms with Crippen LogP contribution in [0.25, 0.3) is 28.1 Å². The first kappa shape index (κ1) is 18.7. The van der Waals surface area contributed by atoms with Crippen LogP contribution in [0.15, 0.2) is 42.6 Å². The lowest BCUT2D eigenvalue weighted by Gasteiger charge is -2.11. The topological polar surface area (TPSA) is 57.8 Å².